The molecule has 0 radical (unpaired) electrons. The molecule has 6 heteroatoms. The Kier molecular flexibility index (Phi) is 6.36. The molecule has 0 saturated carbocycles. The number of hydrogen-bond acceptors (Lipinski definition) is 3. The second kappa shape index (κ2) is 7.56. The van der Waals surface area contributed by atoms with Gasteiger partial charge in [-0.15, -0.1) is 0 Å². The van der Waals surface area contributed by atoms with E-state index in [0.717, 1.165) is 16.3 Å². The van der Waals surface area contributed by atoms with Gasteiger partial charge in [-0.3, -0.25) is 4.79 Å². The fraction of sp³-hybridized carbons (Fsp3) is 0.533. The van der Waals surface area contributed by atoms with Crippen molar-refractivity contribution in [2.24, 2.45) is 0 Å². The minimum absolute atomic E-state index is 0.143. The minimum atomic E-state index is -3.75. The van der Waals surface area contributed by atoms with Crippen LogP contribution < -0.4 is 0 Å². The van der Waals surface area contributed by atoms with E-state index >= 15 is 0 Å². The van der Waals surface area contributed by atoms with Crippen LogP contribution in [0, 0.1) is 0 Å². The number of nitrogens with zero attached hydrogens (tertiary/aromatic N) is 1. The molecule has 1 N–H and O–H groups in total. The number of carbonyl (C=O) groups is 1. The van der Waals surface area contributed by atoms with Crippen LogP contribution in [0.1, 0.15) is 45.1 Å². The standard InChI is InChI=1S/C15H23NO4S/c1-4-10-16(11-15(17)18)21(19,20)14-8-6-13(7-9-14)12(3)5-2/h6-9,12H,4-5,10-11H2,1-3H3,(H,17,18). The van der Waals surface area contributed by atoms with Crippen LogP contribution >= 0.6 is 0 Å². The van der Waals surface area contributed by atoms with Crippen molar-refractivity contribution >= 4 is 16.0 Å². The molecule has 1 unspecified atom stereocenters. The van der Waals surface area contributed by atoms with E-state index in [1.165, 1.54) is 0 Å². The van der Waals surface area contributed by atoms with Crippen LogP contribution in [-0.2, 0) is 14.8 Å². The predicted octanol–water partition coefficient (Wildman–Crippen LogP) is 2.69. The summed E-state index contributed by atoms with van der Waals surface area (Å²) >= 11 is 0. The molecule has 0 aromatic heterocycles. The van der Waals surface area contributed by atoms with Gasteiger partial charge in [0.25, 0.3) is 0 Å². The first-order valence-corrected chi connectivity index (χ1v) is 8.58. The second-order valence-electron chi connectivity index (χ2n) is 5.11. The van der Waals surface area contributed by atoms with E-state index in [1.807, 2.05) is 6.92 Å². The Bertz CT molecular complexity index is 566. The van der Waals surface area contributed by atoms with Crippen molar-refractivity contribution in [3.63, 3.8) is 0 Å². The van der Waals surface area contributed by atoms with Crippen molar-refractivity contribution in [1.82, 2.24) is 4.31 Å². The van der Waals surface area contributed by atoms with Gasteiger partial charge in [0, 0.05) is 6.54 Å². The SMILES string of the molecule is CCCN(CC(=O)O)S(=O)(=O)c1ccc(C(C)CC)cc1. The smallest absolute Gasteiger partial charge is 0.318 e. The Morgan fingerprint density at radius 3 is 2.24 bits per heavy atom. The van der Waals surface area contributed by atoms with Crippen LogP contribution in [0.3, 0.4) is 0 Å². The van der Waals surface area contributed by atoms with Gasteiger partial charge in [-0.05, 0) is 36.5 Å². The van der Waals surface area contributed by atoms with E-state index in [9.17, 15) is 13.2 Å². The number of sulfonamides is 1. The number of rotatable bonds is 8. The largest absolute Gasteiger partial charge is 0.480 e. The number of benzene rings is 1. The van der Waals surface area contributed by atoms with Gasteiger partial charge < -0.3 is 5.11 Å². The highest BCUT2D eigenvalue weighted by Crippen LogP contribution is 2.22. The summed E-state index contributed by atoms with van der Waals surface area (Å²) < 4.78 is 25.9. The zero-order chi connectivity index (χ0) is 16.0. The first kappa shape index (κ1) is 17.7. The predicted molar refractivity (Wildman–Crippen MR) is 81.8 cm³/mol. The van der Waals surface area contributed by atoms with Crippen LogP contribution in [0.5, 0.6) is 0 Å². The normalized spacial score (nSPS) is 13.3. The van der Waals surface area contributed by atoms with E-state index in [4.69, 9.17) is 5.11 Å². The van der Waals surface area contributed by atoms with Crippen LogP contribution in [-0.4, -0.2) is 36.9 Å². The Labute approximate surface area is 126 Å². The topological polar surface area (TPSA) is 74.7 Å². The zero-order valence-corrected chi connectivity index (χ0v) is 13.6. The van der Waals surface area contributed by atoms with E-state index in [2.05, 4.69) is 13.8 Å². The molecular weight excluding hydrogens is 290 g/mol. The highest BCUT2D eigenvalue weighted by Gasteiger charge is 2.25. The minimum Gasteiger partial charge on any atom is -0.480 e. The van der Waals surface area contributed by atoms with Crippen LogP contribution in [0.4, 0.5) is 0 Å². The molecule has 0 aliphatic heterocycles. The van der Waals surface area contributed by atoms with Gasteiger partial charge in [0.2, 0.25) is 10.0 Å². The highest BCUT2D eigenvalue weighted by atomic mass is 32.2. The molecule has 0 bridgehead atoms. The number of carboxylic acids is 1. The molecule has 0 aliphatic carbocycles. The third-order valence-electron chi connectivity index (χ3n) is 3.48. The summed E-state index contributed by atoms with van der Waals surface area (Å²) in [7, 11) is -3.75. The fourth-order valence-corrected chi connectivity index (χ4v) is 3.52. The number of carboxylic acid groups (broad SMARTS) is 1. The van der Waals surface area contributed by atoms with E-state index in [-0.39, 0.29) is 11.4 Å². The van der Waals surface area contributed by atoms with Gasteiger partial charge in [-0.25, -0.2) is 8.42 Å². The van der Waals surface area contributed by atoms with Gasteiger partial charge in [-0.1, -0.05) is 32.9 Å². The maximum absolute atomic E-state index is 12.5. The van der Waals surface area contributed by atoms with E-state index < -0.39 is 22.5 Å². The summed E-state index contributed by atoms with van der Waals surface area (Å²) in [5, 5.41) is 8.86. The summed E-state index contributed by atoms with van der Waals surface area (Å²) in [5.41, 5.74) is 1.08. The lowest BCUT2D eigenvalue weighted by Gasteiger charge is -2.20. The third kappa shape index (κ3) is 4.54. The number of hydrogen-bond donors (Lipinski definition) is 1. The highest BCUT2D eigenvalue weighted by molar-refractivity contribution is 7.89. The molecule has 0 amide bonds. The third-order valence-corrected chi connectivity index (χ3v) is 5.34. The molecule has 0 saturated heterocycles. The summed E-state index contributed by atoms with van der Waals surface area (Å²) in [6.45, 7) is 5.66. The molecule has 118 valence electrons. The molecule has 1 aromatic rings. The van der Waals surface area contributed by atoms with Gasteiger partial charge in [0.15, 0.2) is 0 Å². The van der Waals surface area contributed by atoms with Gasteiger partial charge in [0.1, 0.15) is 6.54 Å². The lowest BCUT2D eigenvalue weighted by atomic mass is 9.99. The van der Waals surface area contributed by atoms with Crippen molar-refractivity contribution in [3.05, 3.63) is 29.8 Å². The van der Waals surface area contributed by atoms with Crippen LogP contribution in [0.15, 0.2) is 29.2 Å². The molecular formula is C15H23NO4S. The Hall–Kier alpha value is -1.40. The Balaban J connectivity index is 3.07. The Morgan fingerprint density at radius 1 is 1.24 bits per heavy atom. The van der Waals surface area contributed by atoms with Gasteiger partial charge in [0.05, 0.1) is 4.90 Å². The van der Waals surface area contributed by atoms with E-state index in [1.54, 1.807) is 24.3 Å². The van der Waals surface area contributed by atoms with Crippen LogP contribution in [0.25, 0.3) is 0 Å². The molecule has 1 rings (SSSR count). The van der Waals surface area contributed by atoms with Gasteiger partial charge >= 0.3 is 5.97 Å². The van der Waals surface area contributed by atoms with Gasteiger partial charge in [-0.2, -0.15) is 4.31 Å². The fourth-order valence-electron chi connectivity index (χ4n) is 2.04. The molecule has 1 aromatic carbocycles. The van der Waals surface area contributed by atoms with Crippen molar-refractivity contribution in [3.8, 4) is 0 Å². The first-order valence-electron chi connectivity index (χ1n) is 7.14. The number of aliphatic carboxylic acids is 1. The van der Waals surface area contributed by atoms with Crippen molar-refractivity contribution < 1.29 is 18.3 Å². The maximum Gasteiger partial charge on any atom is 0.318 e. The molecule has 0 heterocycles. The maximum atomic E-state index is 12.5. The molecule has 0 spiro atoms. The summed E-state index contributed by atoms with van der Waals surface area (Å²) in [4.78, 5) is 11.0. The molecule has 21 heavy (non-hydrogen) atoms. The van der Waals surface area contributed by atoms with E-state index in [0.29, 0.717) is 12.3 Å². The first-order chi connectivity index (χ1) is 9.82. The molecule has 0 aliphatic rings. The summed E-state index contributed by atoms with van der Waals surface area (Å²) in [5.74, 6) is -0.782. The van der Waals surface area contributed by atoms with Crippen molar-refractivity contribution in [1.29, 1.82) is 0 Å². The van der Waals surface area contributed by atoms with Crippen LogP contribution in [0.2, 0.25) is 0 Å². The molecule has 5 nitrogen and oxygen atoms in total. The lowest BCUT2D eigenvalue weighted by Crippen LogP contribution is -2.36. The lowest BCUT2D eigenvalue weighted by molar-refractivity contribution is -0.137. The second-order valence-corrected chi connectivity index (χ2v) is 7.05. The average Bonchev–Trinajstić information content (AvgIpc) is 2.45. The van der Waals surface area contributed by atoms with Crippen molar-refractivity contribution in [2.45, 2.75) is 44.4 Å². The molecule has 1 atom stereocenters. The average molecular weight is 313 g/mol. The summed E-state index contributed by atoms with van der Waals surface area (Å²) in [6, 6.07) is 6.71. The zero-order valence-electron chi connectivity index (χ0n) is 12.7. The molecule has 0 fully saturated rings. The quantitative estimate of drug-likeness (QED) is 0.800. The van der Waals surface area contributed by atoms with Crippen molar-refractivity contribution in [2.75, 3.05) is 13.1 Å². The summed E-state index contributed by atoms with van der Waals surface area (Å²) in [6.07, 6.45) is 1.55. The monoisotopic (exact) mass is 313 g/mol. The Morgan fingerprint density at radius 2 is 1.81 bits per heavy atom.